The van der Waals surface area contributed by atoms with E-state index in [9.17, 15) is 9.59 Å². The summed E-state index contributed by atoms with van der Waals surface area (Å²) in [6, 6.07) is 5.84. The van der Waals surface area contributed by atoms with Gasteiger partial charge in [-0.25, -0.2) is 5.48 Å². The predicted octanol–water partition coefficient (Wildman–Crippen LogP) is 4.59. The quantitative estimate of drug-likeness (QED) is 0.442. The van der Waals surface area contributed by atoms with Crippen LogP contribution in [-0.4, -0.2) is 66.7 Å². The number of morpholine rings is 1. The van der Waals surface area contributed by atoms with Gasteiger partial charge >= 0.3 is 0 Å². The SMILES string of the molecule is C/C=C1/CC(C(=O)N2CCOCC2)Cn2c(c(C(CCC)CCC)c3ccc(C(=O)NON(C)C)cc32)/C1=C/N. The number of fused-ring (bicyclic) bond motifs is 3. The number of hydrogen-bond acceptors (Lipinski definition) is 6. The molecule has 1 unspecified atom stereocenters. The summed E-state index contributed by atoms with van der Waals surface area (Å²) in [5.74, 6) is -0.105. The maximum Gasteiger partial charge on any atom is 0.276 e. The molecule has 40 heavy (non-hydrogen) atoms. The average Bonchev–Trinajstić information content (AvgIpc) is 3.17. The summed E-state index contributed by atoms with van der Waals surface area (Å²) in [7, 11) is 3.41. The molecular formula is C31H45N5O4. The molecule has 0 bridgehead atoms. The van der Waals surface area contributed by atoms with E-state index in [4.69, 9.17) is 15.4 Å². The van der Waals surface area contributed by atoms with Gasteiger partial charge in [-0.05, 0) is 55.4 Å². The van der Waals surface area contributed by atoms with Crippen LogP contribution in [0.25, 0.3) is 16.5 Å². The molecule has 1 atom stereocenters. The zero-order valence-electron chi connectivity index (χ0n) is 24.7. The summed E-state index contributed by atoms with van der Waals surface area (Å²) < 4.78 is 7.77. The summed E-state index contributed by atoms with van der Waals surface area (Å²) in [5, 5.41) is 2.54. The number of hydrogen-bond donors (Lipinski definition) is 2. The molecule has 2 aromatic rings. The Labute approximate surface area is 237 Å². The van der Waals surface area contributed by atoms with E-state index in [1.54, 1.807) is 20.3 Å². The van der Waals surface area contributed by atoms with Gasteiger partial charge in [0.05, 0.1) is 24.8 Å². The fourth-order valence-corrected chi connectivity index (χ4v) is 6.21. The standard InChI is InChI=1S/C31H45N5O4/c1-6-9-22(10-7-2)28-25-12-11-23(30(37)33-40-34(4)5)18-27(25)36-20-24(31(38)35-13-15-39-16-14-35)17-21(8-3)26(19-32)29(28)36/h8,11-12,18-19,22,24H,6-7,9-10,13-17,20,32H2,1-5H3,(H,33,37)/b21-8-,26-19+. The lowest BCUT2D eigenvalue weighted by Gasteiger charge is -2.30. The molecule has 4 rings (SSSR count). The fraction of sp³-hybridized carbons (Fsp3) is 0.548. The van der Waals surface area contributed by atoms with Gasteiger partial charge in [-0.3, -0.25) is 9.59 Å². The van der Waals surface area contributed by atoms with E-state index in [1.807, 2.05) is 24.0 Å². The van der Waals surface area contributed by atoms with Crippen molar-refractivity contribution < 1.29 is 19.3 Å². The van der Waals surface area contributed by atoms with Crippen molar-refractivity contribution >= 4 is 28.3 Å². The number of rotatable bonds is 9. The molecule has 3 heterocycles. The molecule has 9 nitrogen and oxygen atoms in total. The Morgan fingerprint density at radius 3 is 2.50 bits per heavy atom. The van der Waals surface area contributed by atoms with Crippen molar-refractivity contribution in [3.05, 3.63) is 52.9 Å². The van der Waals surface area contributed by atoms with Crippen molar-refractivity contribution in [3.8, 4) is 0 Å². The molecule has 0 spiro atoms. The lowest BCUT2D eigenvalue weighted by molar-refractivity contribution is -0.161. The first kappa shape index (κ1) is 29.8. The molecule has 3 N–H and O–H groups in total. The second kappa shape index (κ2) is 13.5. The number of amides is 2. The first-order chi connectivity index (χ1) is 19.3. The number of nitrogens with one attached hydrogen (secondary N) is 1. The third kappa shape index (κ3) is 6.11. The van der Waals surface area contributed by atoms with Crippen molar-refractivity contribution in [1.82, 2.24) is 20.0 Å². The zero-order valence-corrected chi connectivity index (χ0v) is 24.7. The van der Waals surface area contributed by atoms with Gasteiger partial charge in [0.15, 0.2) is 0 Å². The number of allylic oxidation sites excluding steroid dienone is 3. The minimum atomic E-state index is -0.329. The minimum absolute atomic E-state index is 0.141. The smallest absolute Gasteiger partial charge is 0.276 e. The van der Waals surface area contributed by atoms with Crippen molar-refractivity contribution in [1.29, 1.82) is 0 Å². The van der Waals surface area contributed by atoms with Gasteiger partial charge in [-0.2, -0.15) is 10.0 Å². The maximum atomic E-state index is 13.9. The van der Waals surface area contributed by atoms with E-state index >= 15 is 0 Å². The van der Waals surface area contributed by atoms with Crippen LogP contribution in [0.1, 0.15) is 80.4 Å². The van der Waals surface area contributed by atoms with Crippen LogP contribution in [0, 0.1) is 5.92 Å². The Kier molecular flexibility index (Phi) is 10.1. The first-order valence-corrected chi connectivity index (χ1v) is 14.6. The van der Waals surface area contributed by atoms with Gasteiger partial charge in [0.25, 0.3) is 5.91 Å². The summed E-state index contributed by atoms with van der Waals surface area (Å²) >= 11 is 0. The van der Waals surface area contributed by atoms with Crippen LogP contribution < -0.4 is 11.2 Å². The highest BCUT2D eigenvalue weighted by Crippen LogP contribution is 2.45. The highest BCUT2D eigenvalue weighted by Gasteiger charge is 2.35. The molecule has 9 heteroatoms. The minimum Gasteiger partial charge on any atom is -0.404 e. The molecule has 0 saturated carbocycles. The number of carbonyl (C=O) groups excluding carboxylic acids is 2. The van der Waals surface area contributed by atoms with Gasteiger partial charge in [0.1, 0.15) is 0 Å². The monoisotopic (exact) mass is 551 g/mol. The summed E-state index contributed by atoms with van der Waals surface area (Å²) in [4.78, 5) is 34.0. The van der Waals surface area contributed by atoms with E-state index in [-0.39, 0.29) is 17.7 Å². The Hall–Kier alpha value is -3.14. The van der Waals surface area contributed by atoms with Crippen molar-refractivity contribution in [2.45, 2.75) is 65.3 Å². The van der Waals surface area contributed by atoms with Gasteiger partial charge in [-0.1, -0.05) is 38.8 Å². The highest BCUT2D eigenvalue weighted by atomic mass is 16.8. The Morgan fingerprint density at radius 2 is 1.90 bits per heavy atom. The molecule has 1 saturated heterocycles. The topological polar surface area (TPSA) is 102 Å². The molecular weight excluding hydrogens is 506 g/mol. The van der Waals surface area contributed by atoms with Crippen LogP contribution in [0.15, 0.2) is 36.0 Å². The molecule has 2 amide bonds. The second-order valence-corrected chi connectivity index (χ2v) is 10.9. The number of nitrogens with two attached hydrogens (primary N) is 1. The predicted molar refractivity (Wildman–Crippen MR) is 158 cm³/mol. The van der Waals surface area contributed by atoms with Gasteiger partial charge in [-0.15, -0.1) is 0 Å². The Balaban J connectivity index is 1.93. The third-order valence-corrected chi connectivity index (χ3v) is 8.03. The lowest BCUT2D eigenvalue weighted by Crippen LogP contribution is -2.44. The number of carbonyl (C=O) groups is 2. The molecule has 1 aromatic heterocycles. The van der Waals surface area contributed by atoms with Crippen LogP contribution in [0.3, 0.4) is 0 Å². The van der Waals surface area contributed by atoms with E-state index in [1.165, 1.54) is 10.6 Å². The second-order valence-electron chi connectivity index (χ2n) is 10.9. The maximum absolute atomic E-state index is 13.9. The van der Waals surface area contributed by atoms with Crippen molar-refractivity contribution in [2.75, 3.05) is 40.4 Å². The molecule has 2 aliphatic heterocycles. The number of ether oxygens (including phenoxy) is 1. The first-order valence-electron chi connectivity index (χ1n) is 14.6. The number of nitrogens with zero attached hydrogens (tertiary/aromatic N) is 3. The molecule has 0 aliphatic carbocycles. The zero-order chi connectivity index (χ0) is 28.8. The fourth-order valence-electron chi connectivity index (χ4n) is 6.21. The molecule has 1 aromatic carbocycles. The van der Waals surface area contributed by atoms with E-state index in [0.29, 0.717) is 50.8 Å². The lowest BCUT2D eigenvalue weighted by atomic mass is 9.84. The summed E-state index contributed by atoms with van der Waals surface area (Å²) in [5.41, 5.74) is 14.7. The molecule has 0 radical (unpaired) electrons. The summed E-state index contributed by atoms with van der Waals surface area (Å²) in [6.07, 6.45) is 8.66. The van der Waals surface area contributed by atoms with Gasteiger partial charge < -0.3 is 19.9 Å². The van der Waals surface area contributed by atoms with Gasteiger partial charge in [0.2, 0.25) is 5.91 Å². The van der Waals surface area contributed by atoms with Gasteiger partial charge in [0, 0.05) is 62.0 Å². The molecule has 218 valence electrons. The number of benzene rings is 1. The molecule has 1 fully saturated rings. The van der Waals surface area contributed by atoms with Crippen molar-refractivity contribution in [3.63, 3.8) is 0 Å². The Morgan fingerprint density at radius 1 is 1.20 bits per heavy atom. The third-order valence-electron chi connectivity index (χ3n) is 8.03. The van der Waals surface area contributed by atoms with Crippen LogP contribution in [0.5, 0.6) is 0 Å². The normalized spacial score (nSPS) is 20.0. The summed E-state index contributed by atoms with van der Waals surface area (Å²) in [6.45, 7) is 9.33. The van der Waals surface area contributed by atoms with Crippen LogP contribution in [-0.2, 0) is 21.0 Å². The van der Waals surface area contributed by atoms with E-state index in [2.05, 4.69) is 36.0 Å². The highest BCUT2D eigenvalue weighted by molar-refractivity contribution is 6.01. The van der Waals surface area contributed by atoms with Crippen LogP contribution >= 0.6 is 0 Å². The van der Waals surface area contributed by atoms with E-state index in [0.717, 1.165) is 53.4 Å². The Bertz CT molecular complexity index is 1270. The number of hydroxylamine groups is 3. The average molecular weight is 552 g/mol. The van der Waals surface area contributed by atoms with Crippen LogP contribution in [0.4, 0.5) is 0 Å². The largest absolute Gasteiger partial charge is 0.404 e. The van der Waals surface area contributed by atoms with Crippen LogP contribution in [0.2, 0.25) is 0 Å². The number of aromatic nitrogens is 1. The van der Waals surface area contributed by atoms with E-state index < -0.39 is 0 Å². The van der Waals surface area contributed by atoms with Crippen molar-refractivity contribution in [2.24, 2.45) is 11.7 Å². The molecule has 2 aliphatic rings.